The van der Waals surface area contributed by atoms with Gasteiger partial charge in [0.1, 0.15) is 6.10 Å². The van der Waals surface area contributed by atoms with E-state index in [2.05, 4.69) is 48.5 Å². The summed E-state index contributed by atoms with van der Waals surface area (Å²) >= 11 is 0. The highest BCUT2D eigenvalue weighted by molar-refractivity contribution is 4.83. The van der Waals surface area contributed by atoms with Crippen molar-refractivity contribution in [1.29, 1.82) is 0 Å². The molecule has 3 unspecified atom stereocenters. The van der Waals surface area contributed by atoms with Crippen molar-refractivity contribution in [3.05, 3.63) is 0 Å². The molecule has 0 aromatic carbocycles. The molecule has 0 bridgehead atoms. The quantitative estimate of drug-likeness (QED) is 0.511. The third-order valence-electron chi connectivity index (χ3n) is 4.28. The van der Waals surface area contributed by atoms with Crippen LogP contribution < -0.4 is 0 Å². The van der Waals surface area contributed by atoms with Crippen molar-refractivity contribution < 1.29 is 18.9 Å². The molecule has 1 aliphatic heterocycles. The van der Waals surface area contributed by atoms with Gasteiger partial charge in [-0.25, -0.2) is 0 Å². The average molecular weight is 316 g/mol. The Labute approximate surface area is 136 Å². The van der Waals surface area contributed by atoms with Crippen molar-refractivity contribution in [3.8, 4) is 0 Å². The van der Waals surface area contributed by atoms with E-state index in [9.17, 15) is 0 Å². The van der Waals surface area contributed by atoms with Gasteiger partial charge in [0, 0.05) is 6.61 Å². The smallest absolute Gasteiger partial charge is 0.104 e. The molecule has 4 nitrogen and oxygen atoms in total. The summed E-state index contributed by atoms with van der Waals surface area (Å²) in [5.41, 5.74) is -0.493. The maximum absolute atomic E-state index is 6.29. The van der Waals surface area contributed by atoms with E-state index in [1.807, 2.05) is 0 Å². The standard InChI is InChI=1S/C18H36O4/c1-8-11-19-14(2)9-10-17(4,5)22-15(3)18(6,7)21-13-16-12-20-16/h14-16H,8-13H2,1-7H3. The van der Waals surface area contributed by atoms with Crippen LogP contribution in [0.15, 0.2) is 0 Å². The zero-order valence-corrected chi connectivity index (χ0v) is 15.6. The summed E-state index contributed by atoms with van der Waals surface area (Å²) in [4.78, 5) is 0. The molecular weight excluding hydrogens is 280 g/mol. The Hall–Kier alpha value is -0.160. The molecule has 0 N–H and O–H groups in total. The maximum atomic E-state index is 6.29. The van der Waals surface area contributed by atoms with Gasteiger partial charge < -0.3 is 18.9 Å². The molecule has 3 atom stereocenters. The average Bonchev–Trinajstić information content (AvgIpc) is 3.24. The van der Waals surface area contributed by atoms with E-state index < -0.39 is 0 Å². The third kappa shape index (κ3) is 7.91. The van der Waals surface area contributed by atoms with Crippen LogP contribution in [0.2, 0.25) is 0 Å². The number of rotatable bonds is 12. The van der Waals surface area contributed by atoms with Crippen molar-refractivity contribution in [2.24, 2.45) is 0 Å². The van der Waals surface area contributed by atoms with E-state index in [0.717, 1.165) is 32.5 Å². The lowest BCUT2D eigenvalue weighted by Gasteiger charge is -2.38. The number of epoxide rings is 1. The van der Waals surface area contributed by atoms with Gasteiger partial charge in [-0.3, -0.25) is 0 Å². The van der Waals surface area contributed by atoms with E-state index in [1.54, 1.807) is 0 Å². The maximum Gasteiger partial charge on any atom is 0.104 e. The van der Waals surface area contributed by atoms with Gasteiger partial charge in [-0.05, 0) is 60.8 Å². The van der Waals surface area contributed by atoms with Gasteiger partial charge in [0.2, 0.25) is 0 Å². The lowest BCUT2D eigenvalue weighted by molar-refractivity contribution is -0.170. The summed E-state index contributed by atoms with van der Waals surface area (Å²) in [6.07, 6.45) is 3.65. The summed E-state index contributed by atoms with van der Waals surface area (Å²) < 4.78 is 23.2. The zero-order valence-electron chi connectivity index (χ0n) is 15.6. The van der Waals surface area contributed by atoms with Crippen LogP contribution in [0.25, 0.3) is 0 Å². The molecule has 1 aliphatic rings. The second-order valence-corrected chi connectivity index (χ2v) is 7.61. The summed E-state index contributed by atoms with van der Waals surface area (Å²) in [5.74, 6) is 0. The van der Waals surface area contributed by atoms with Crippen molar-refractivity contribution in [2.75, 3.05) is 19.8 Å². The predicted octanol–water partition coefficient (Wildman–Crippen LogP) is 3.96. The SMILES string of the molecule is CCCOC(C)CCC(C)(C)OC(C)C(C)(C)OCC1CO1. The second kappa shape index (κ2) is 8.62. The van der Waals surface area contributed by atoms with E-state index in [-0.39, 0.29) is 29.5 Å². The summed E-state index contributed by atoms with van der Waals surface area (Å²) in [6, 6.07) is 0. The molecule has 132 valence electrons. The second-order valence-electron chi connectivity index (χ2n) is 7.61. The molecule has 1 saturated heterocycles. The van der Waals surface area contributed by atoms with Crippen LogP contribution in [-0.4, -0.2) is 49.3 Å². The summed E-state index contributed by atoms with van der Waals surface area (Å²) in [6.45, 7) is 17.2. The van der Waals surface area contributed by atoms with Crippen molar-refractivity contribution in [2.45, 2.75) is 97.2 Å². The Balaban J connectivity index is 2.33. The first kappa shape index (κ1) is 19.9. The monoisotopic (exact) mass is 316 g/mol. The molecule has 22 heavy (non-hydrogen) atoms. The molecule has 0 aromatic rings. The van der Waals surface area contributed by atoms with Crippen LogP contribution >= 0.6 is 0 Å². The minimum Gasteiger partial charge on any atom is -0.379 e. The van der Waals surface area contributed by atoms with Gasteiger partial charge in [-0.15, -0.1) is 0 Å². The molecule has 0 aliphatic carbocycles. The Kier molecular flexibility index (Phi) is 7.80. The van der Waals surface area contributed by atoms with Crippen molar-refractivity contribution >= 4 is 0 Å². The molecule has 0 radical (unpaired) electrons. The van der Waals surface area contributed by atoms with Gasteiger partial charge in [0.25, 0.3) is 0 Å². The van der Waals surface area contributed by atoms with Crippen LogP contribution in [0.3, 0.4) is 0 Å². The van der Waals surface area contributed by atoms with E-state index in [4.69, 9.17) is 18.9 Å². The molecular formula is C18H36O4. The predicted molar refractivity (Wildman–Crippen MR) is 89.3 cm³/mol. The Morgan fingerprint density at radius 3 is 2.36 bits per heavy atom. The lowest BCUT2D eigenvalue weighted by Crippen LogP contribution is -2.44. The van der Waals surface area contributed by atoms with Crippen LogP contribution in [0, 0.1) is 0 Å². The molecule has 0 amide bonds. The first-order valence-corrected chi connectivity index (χ1v) is 8.71. The minimum atomic E-state index is -0.312. The van der Waals surface area contributed by atoms with Crippen LogP contribution in [-0.2, 0) is 18.9 Å². The van der Waals surface area contributed by atoms with Crippen LogP contribution in [0.1, 0.15) is 67.7 Å². The highest BCUT2D eigenvalue weighted by Crippen LogP contribution is 2.27. The third-order valence-corrected chi connectivity index (χ3v) is 4.28. The molecule has 1 heterocycles. The molecule has 0 aromatic heterocycles. The van der Waals surface area contributed by atoms with Gasteiger partial charge in [0.15, 0.2) is 0 Å². The fraction of sp³-hybridized carbons (Fsp3) is 1.00. The Bertz CT molecular complexity index is 310. The Morgan fingerprint density at radius 1 is 1.18 bits per heavy atom. The summed E-state index contributed by atoms with van der Waals surface area (Å²) in [7, 11) is 0. The Morgan fingerprint density at radius 2 is 1.82 bits per heavy atom. The number of hydrogen-bond acceptors (Lipinski definition) is 4. The molecule has 1 rings (SSSR count). The highest BCUT2D eigenvalue weighted by Gasteiger charge is 2.35. The van der Waals surface area contributed by atoms with Gasteiger partial charge >= 0.3 is 0 Å². The summed E-state index contributed by atoms with van der Waals surface area (Å²) in [5, 5.41) is 0. The van der Waals surface area contributed by atoms with Gasteiger partial charge in [0.05, 0.1) is 36.6 Å². The lowest BCUT2D eigenvalue weighted by atomic mass is 9.97. The van der Waals surface area contributed by atoms with Crippen molar-refractivity contribution in [3.63, 3.8) is 0 Å². The molecule has 0 saturated carbocycles. The van der Waals surface area contributed by atoms with E-state index in [0.29, 0.717) is 6.61 Å². The molecule has 0 spiro atoms. The minimum absolute atomic E-state index is 0.0214. The first-order chi connectivity index (χ1) is 10.2. The van der Waals surface area contributed by atoms with E-state index in [1.165, 1.54) is 0 Å². The van der Waals surface area contributed by atoms with Gasteiger partial charge in [-0.1, -0.05) is 6.92 Å². The van der Waals surface area contributed by atoms with E-state index >= 15 is 0 Å². The highest BCUT2D eigenvalue weighted by atomic mass is 16.6. The van der Waals surface area contributed by atoms with Crippen LogP contribution in [0.4, 0.5) is 0 Å². The number of ether oxygens (including phenoxy) is 4. The number of hydrogen-bond donors (Lipinski definition) is 0. The molecule has 1 fully saturated rings. The molecule has 4 heteroatoms. The topological polar surface area (TPSA) is 40.2 Å². The fourth-order valence-corrected chi connectivity index (χ4v) is 2.22. The normalized spacial score (nSPS) is 21.7. The van der Waals surface area contributed by atoms with Gasteiger partial charge in [-0.2, -0.15) is 0 Å². The first-order valence-electron chi connectivity index (χ1n) is 8.71. The van der Waals surface area contributed by atoms with Crippen LogP contribution in [0.5, 0.6) is 0 Å². The zero-order chi connectivity index (χ0) is 16.8. The van der Waals surface area contributed by atoms with Crippen molar-refractivity contribution in [1.82, 2.24) is 0 Å². The fourth-order valence-electron chi connectivity index (χ4n) is 2.22. The largest absolute Gasteiger partial charge is 0.379 e.